The minimum absolute atomic E-state index is 0.160. The largest absolute Gasteiger partial charge is 0.372 e. The zero-order valence-electron chi connectivity index (χ0n) is 20.8. The predicted molar refractivity (Wildman–Crippen MR) is 150 cm³/mol. The van der Waals surface area contributed by atoms with Gasteiger partial charge in [-0.3, -0.25) is 14.5 Å². The molecule has 2 aromatic rings. The lowest BCUT2D eigenvalue weighted by atomic mass is 10.1. The fourth-order valence-electron chi connectivity index (χ4n) is 3.64. The first-order chi connectivity index (χ1) is 17.6. The standard InChI is InChI=1S/C26H30FN3O4S3/c1-3-5-15-29(16-6-4-2)21-11-7-19(8-12-21)17-23-25(32)30(26(35)36-23)18-24(31)28-37(33,34)22-13-9-20(27)10-14-22/h7-14,17H,3-6,15-16,18H2,1-2H3,(H,28,31). The van der Waals surface area contributed by atoms with E-state index in [2.05, 4.69) is 18.7 Å². The summed E-state index contributed by atoms with van der Waals surface area (Å²) < 4.78 is 39.9. The van der Waals surface area contributed by atoms with Gasteiger partial charge < -0.3 is 4.90 Å². The summed E-state index contributed by atoms with van der Waals surface area (Å²) in [5.74, 6) is -2.00. The molecule has 1 heterocycles. The maximum absolute atomic E-state index is 13.1. The Balaban J connectivity index is 1.66. The van der Waals surface area contributed by atoms with Crippen molar-refractivity contribution in [3.63, 3.8) is 0 Å². The van der Waals surface area contributed by atoms with Crippen LogP contribution in [0.4, 0.5) is 10.1 Å². The van der Waals surface area contributed by atoms with Crippen LogP contribution < -0.4 is 9.62 Å². The SMILES string of the molecule is CCCCN(CCCC)c1ccc(C=C2SC(=S)N(CC(=O)NS(=O)(=O)c3ccc(F)cc3)C2=O)cc1. The van der Waals surface area contributed by atoms with Crippen LogP contribution in [0.2, 0.25) is 0 Å². The Morgan fingerprint density at radius 2 is 1.65 bits per heavy atom. The smallest absolute Gasteiger partial charge is 0.266 e. The normalized spacial score (nSPS) is 14.9. The highest BCUT2D eigenvalue weighted by atomic mass is 32.2. The van der Waals surface area contributed by atoms with Crippen LogP contribution in [0.3, 0.4) is 0 Å². The van der Waals surface area contributed by atoms with Crippen molar-refractivity contribution >= 4 is 61.9 Å². The zero-order valence-corrected chi connectivity index (χ0v) is 23.2. The van der Waals surface area contributed by atoms with Crippen molar-refractivity contribution in [2.45, 2.75) is 44.4 Å². The van der Waals surface area contributed by atoms with Crippen LogP contribution in [0, 0.1) is 5.82 Å². The monoisotopic (exact) mass is 563 g/mol. The lowest BCUT2D eigenvalue weighted by Gasteiger charge is -2.24. The number of hydrogen-bond acceptors (Lipinski definition) is 7. The van der Waals surface area contributed by atoms with E-state index in [1.54, 1.807) is 6.08 Å². The lowest BCUT2D eigenvalue weighted by molar-refractivity contribution is -0.127. The summed E-state index contributed by atoms with van der Waals surface area (Å²) in [6, 6.07) is 12.0. The van der Waals surface area contributed by atoms with Gasteiger partial charge in [-0.1, -0.05) is 62.8 Å². The van der Waals surface area contributed by atoms with Crippen molar-refractivity contribution in [3.8, 4) is 0 Å². The lowest BCUT2D eigenvalue weighted by Crippen LogP contribution is -2.41. The van der Waals surface area contributed by atoms with Gasteiger partial charge in [0.25, 0.3) is 21.8 Å². The van der Waals surface area contributed by atoms with Crippen LogP contribution in [-0.4, -0.2) is 49.1 Å². The van der Waals surface area contributed by atoms with Crippen molar-refractivity contribution < 1.29 is 22.4 Å². The van der Waals surface area contributed by atoms with Crippen LogP contribution in [0.25, 0.3) is 6.08 Å². The van der Waals surface area contributed by atoms with Gasteiger partial charge in [-0.2, -0.15) is 0 Å². The summed E-state index contributed by atoms with van der Waals surface area (Å²) in [5, 5.41) is 0. The van der Waals surface area contributed by atoms with E-state index < -0.39 is 34.2 Å². The number of thiocarbonyl (C=S) groups is 1. The molecule has 198 valence electrons. The molecule has 0 saturated carbocycles. The Hall–Kier alpha value is -2.76. The van der Waals surface area contributed by atoms with Gasteiger partial charge in [-0.25, -0.2) is 17.5 Å². The number of rotatable bonds is 12. The molecule has 1 aliphatic rings. The second-order valence-corrected chi connectivity index (χ2v) is 11.9. The number of benzene rings is 2. The summed E-state index contributed by atoms with van der Waals surface area (Å²) in [6.45, 7) is 5.78. The molecule has 7 nitrogen and oxygen atoms in total. The second-order valence-electron chi connectivity index (χ2n) is 8.54. The van der Waals surface area contributed by atoms with Gasteiger partial charge in [0, 0.05) is 18.8 Å². The molecule has 0 bridgehead atoms. The van der Waals surface area contributed by atoms with E-state index in [-0.39, 0.29) is 9.22 Å². The van der Waals surface area contributed by atoms with Crippen LogP contribution in [0.5, 0.6) is 0 Å². The molecule has 0 spiro atoms. The molecule has 0 radical (unpaired) electrons. The minimum Gasteiger partial charge on any atom is -0.372 e. The third-order valence-electron chi connectivity index (χ3n) is 5.67. The Morgan fingerprint density at radius 1 is 1.05 bits per heavy atom. The molecule has 1 fully saturated rings. The number of carbonyl (C=O) groups is 2. The fraction of sp³-hybridized carbons (Fsp3) is 0.346. The average Bonchev–Trinajstić information content (AvgIpc) is 3.12. The molecule has 11 heteroatoms. The maximum Gasteiger partial charge on any atom is 0.266 e. The second kappa shape index (κ2) is 13.2. The molecule has 37 heavy (non-hydrogen) atoms. The summed E-state index contributed by atoms with van der Waals surface area (Å²) in [6.07, 6.45) is 6.19. The van der Waals surface area contributed by atoms with Crippen molar-refractivity contribution in [1.29, 1.82) is 0 Å². The van der Waals surface area contributed by atoms with Crippen LogP contribution >= 0.6 is 24.0 Å². The average molecular weight is 564 g/mol. The van der Waals surface area contributed by atoms with Gasteiger partial charge in [0.15, 0.2) is 0 Å². The number of amides is 2. The quantitative estimate of drug-likeness (QED) is 0.289. The molecular formula is C26H30FN3O4S3. The van der Waals surface area contributed by atoms with E-state index in [9.17, 15) is 22.4 Å². The van der Waals surface area contributed by atoms with Gasteiger partial charge in [0.05, 0.1) is 9.80 Å². The van der Waals surface area contributed by atoms with Crippen molar-refractivity contribution in [2.24, 2.45) is 0 Å². The van der Waals surface area contributed by atoms with Crippen molar-refractivity contribution in [2.75, 3.05) is 24.5 Å². The molecular weight excluding hydrogens is 534 g/mol. The Bertz CT molecular complexity index is 1250. The molecule has 1 N–H and O–H groups in total. The summed E-state index contributed by atoms with van der Waals surface area (Å²) >= 11 is 6.32. The van der Waals surface area contributed by atoms with Crippen LogP contribution in [-0.2, 0) is 19.6 Å². The molecule has 0 unspecified atom stereocenters. The summed E-state index contributed by atoms with van der Waals surface area (Å²) in [5.41, 5.74) is 1.95. The fourth-order valence-corrected chi connectivity index (χ4v) is 5.87. The number of sulfonamides is 1. The Kier molecular flexibility index (Phi) is 10.2. The highest BCUT2D eigenvalue weighted by molar-refractivity contribution is 8.26. The molecule has 2 amide bonds. The summed E-state index contributed by atoms with van der Waals surface area (Å²) in [4.78, 5) is 28.8. The van der Waals surface area contributed by atoms with E-state index in [0.29, 0.717) is 4.91 Å². The molecule has 0 atom stereocenters. The number of nitrogens with one attached hydrogen (secondary N) is 1. The third-order valence-corrected chi connectivity index (χ3v) is 8.43. The predicted octanol–water partition coefficient (Wildman–Crippen LogP) is 4.94. The number of unbranched alkanes of at least 4 members (excludes halogenated alkanes) is 2. The van der Waals surface area contributed by atoms with Crippen molar-refractivity contribution in [3.05, 3.63) is 64.8 Å². The maximum atomic E-state index is 13.1. The Morgan fingerprint density at radius 3 is 2.22 bits per heavy atom. The molecule has 0 aromatic heterocycles. The molecule has 1 saturated heterocycles. The minimum atomic E-state index is -4.21. The number of thioether (sulfide) groups is 1. The van der Waals surface area contributed by atoms with Gasteiger partial charge >= 0.3 is 0 Å². The van der Waals surface area contributed by atoms with Gasteiger partial charge in [0.1, 0.15) is 16.7 Å². The van der Waals surface area contributed by atoms with Gasteiger partial charge in [-0.05, 0) is 60.9 Å². The number of hydrogen-bond donors (Lipinski definition) is 1. The highest BCUT2D eigenvalue weighted by Crippen LogP contribution is 2.32. The molecule has 1 aliphatic heterocycles. The number of carbonyl (C=O) groups excluding carboxylic acids is 2. The Labute approximate surface area is 227 Å². The summed E-state index contributed by atoms with van der Waals surface area (Å²) in [7, 11) is -4.21. The van der Waals surface area contributed by atoms with E-state index in [4.69, 9.17) is 12.2 Å². The first kappa shape index (κ1) is 28.8. The van der Waals surface area contributed by atoms with Gasteiger partial charge in [-0.15, -0.1) is 0 Å². The number of anilines is 1. The zero-order chi connectivity index (χ0) is 27.0. The van der Waals surface area contributed by atoms with E-state index >= 15 is 0 Å². The number of halogens is 1. The van der Waals surface area contributed by atoms with Crippen LogP contribution in [0.1, 0.15) is 45.1 Å². The van der Waals surface area contributed by atoms with E-state index in [0.717, 1.165) is 91.0 Å². The van der Waals surface area contributed by atoms with Crippen molar-refractivity contribution in [1.82, 2.24) is 9.62 Å². The molecule has 3 rings (SSSR count). The number of nitrogens with zero attached hydrogens (tertiary/aromatic N) is 2. The first-order valence-corrected chi connectivity index (χ1v) is 14.8. The molecule has 2 aromatic carbocycles. The highest BCUT2D eigenvalue weighted by Gasteiger charge is 2.34. The van der Waals surface area contributed by atoms with Crippen LogP contribution in [0.15, 0.2) is 58.3 Å². The third kappa shape index (κ3) is 7.86. The first-order valence-electron chi connectivity index (χ1n) is 12.1. The molecule has 0 aliphatic carbocycles. The van der Waals surface area contributed by atoms with E-state index in [1.807, 2.05) is 29.0 Å². The topological polar surface area (TPSA) is 86.8 Å². The van der Waals surface area contributed by atoms with Gasteiger partial charge in [0.2, 0.25) is 0 Å². The van der Waals surface area contributed by atoms with E-state index in [1.165, 1.54) is 0 Å².